The molecule has 1 aliphatic heterocycles. The fourth-order valence-corrected chi connectivity index (χ4v) is 1.31. The van der Waals surface area contributed by atoms with Crippen LogP contribution < -0.4 is 10.5 Å². The van der Waals surface area contributed by atoms with E-state index in [1.807, 2.05) is 6.08 Å². The van der Waals surface area contributed by atoms with Gasteiger partial charge >= 0.3 is 0 Å². The summed E-state index contributed by atoms with van der Waals surface area (Å²) in [5.74, 6) is 0.996. The standard InChI is InChI=1S/C5H10N2S/c1-4-5(6)2-3-8-7-4/h2,4,7H,3,6H2,1H3/t4-/m0/s1. The normalized spacial score (nSPS) is 29.6. The SMILES string of the molecule is C[C@@H]1NSCC=C1N. The van der Waals surface area contributed by atoms with Crippen LogP contribution in [-0.2, 0) is 0 Å². The predicted molar refractivity (Wildman–Crippen MR) is 37.3 cm³/mol. The van der Waals surface area contributed by atoms with Gasteiger partial charge < -0.3 is 5.73 Å². The van der Waals surface area contributed by atoms with Crippen molar-refractivity contribution in [1.29, 1.82) is 0 Å². The van der Waals surface area contributed by atoms with Crippen LogP contribution in [0.4, 0.5) is 0 Å². The van der Waals surface area contributed by atoms with Crippen LogP contribution in [0.1, 0.15) is 6.92 Å². The third-order valence-corrected chi connectivity index (χ3v) is 2.02. The number of hydrogen-bond acceptors (Lipinski definition) is 3. The largest absolute Gasteiger partial charge is 0.401 e. The van der Waals surface area contributed by atoms with Gasteiger partial charge in [-0.15, -0.1) is 0 Å². The molecule has 8 heavy (non-hydrogen) atoms. The Morgan fingerprint density at radius 1 is 2.00 bits per heavy atom. The smallest absolute Gasteiger partial charge is 0.0535 e. The number of rotatable bonds is 0. The Labute approximate surface area is 53.7 Å². The van der Waals surface area contributed by atoms with Crippen LogP contribution in [0.2, 0.25) is 0 Å². The summed E-state index contributed by atoms with van der Waals surface area (Å²) in [7, 11) is 0. The lowest BCUT2D eigenvalue weighted by Gasteiger charge is -2.17. The van der Waals surface area contributed by atoms with Gasteiger partial charge in [-0.3, -0.25) is 4.72 Å². The Kier molecular flexibility index (Phi) is 1.81. The first-order valence-corrected chi connectivity index (χ1v) is 3.62. The van der Waals surface area contributed by atoms with Crippen molar-refractivity contribution in [3.05, 3.63) is 11.8 Å². The molecule has 0 aliphatic carbocycles. The van der Waals surface area contributed by atoms with Crippen LogP contribution in [0.3, 0.4) is 0 Å². The lowest BCUT2D eigenvalue weighted by molar-refractivity contribution is 0.776. The number of nitrogens with two attached hydrogens (primary N) is 1. The first-order chi connectivity index (χ1) is 3.80. The van der Waals surface area contributed by atoms with Gasteiger partial charge in [0.25, 0.3) is 0 Å². The zero-order valence-electron chi connectivity index (χ0n) is 4.85. The maximum atomic E-state index is 5.56. The fraction of sp³-hybridized carbons (Fsp3) is 0.600. The molecule has 0 unspecified atom stereocenters. The Morgan fingerprint density at radius 3 is 3.12 bits per heavy atom. The van der Waals surface area contributed by atoms with Crippen molar-refractivity contribution >= 4 is 11.9 Å². The highest BCUT2D eigenvalue weighted by Crippen LogP contribution is 2.08. The van der Waals surface area contributed by atoms with Gasteiger partial charge in [0.2, 0.25) is 0 Å². The molecule has 0 radical (unpaired) electrons. The first kappa shape index (κ1) is 5.98. The van der Waals surface area contributed by atoms with Crippen LogP contribution in [0.25, 0.3) is 0 Å². The summed E-state index contributed by atoms with van der Waals surface area (Å²) in [6.45, 7) is 2.05. The van der Waals surface area contributed by atoms with E-state index in [-0.39, 0.29) is 0 Å². The molecule has 0 aromatic rings. The van der Waals surface area contributed by atoms with Crippen molar-refractivity contribution in [2.75, 3.05) is 5.75 Å². The molecule has 46 valence electrons. The van der Waals surface area contributed by atoms with E-state index in [1.165, 1.54) is 0 Å². The van der Waals surface area contributed by atoms with Crippen LogP contribution in [0.15, 0.2) is 11.8 Å². The van der Waals surface area contributed by atoms with Gasteiger partial charge in [0.15, 0.2) is 0 Å². The molecular formula is C5H10N2S. The highest BCUT2D eigenvalue weighted by atomic mass is 32.2. The Bertz CT molecular complexity index is 111. The Morgan fingerprint density at radius 2 is 2.75 bits per heavy atom. The summed E-state index contributed by atoms with van der Waals surface area (Å²) in [4.78, 5) is 0. The van der Waals surface area contributed by atoms with E-state index in [2.05, 4.69) is 11.6 Å². The third kappa shape index (κ3) is 1.17. The molecule has 1 rings (SSSR count). The molecule has 0 fully saturated rings. The summed E-state index contributed by atoms with van der Waals surface area (Å²) >= 11 is 1.70. The zero-order chi connectivity index (χ0) is 5.98. The molecule has 1 aliphatic rings. The summed E-state index contributed by atoms with van der Waals surface area (Å²) in [6.07, 6.45) is 2.05. The maximum Gasteiger partial charge on any atom is 0.0535 e. The van der Waals surface area contributed by atoms with E-state index in [4.69, 9.17) is 5.73 Å². The van der Waals surface area contributed by atoms with Crippen LogP contribution in [0, 0.1) is 0 Å². The highest BCUT2D eigenvalue weighted by Gasteiger charge is 2.06. The lowest BCUT2D eigenvalue weighted by atomic mass is 10.2. The molecule has 0 amide bonds. The topological polar surface area (TPSA) is 38.0 Å². The van der Waals surface area contributed by atoms with E-state index in [0.29, 0.717) is 6.04 Å². The lowest BCUT2D eigenvalue weighted by Crippen LogP contribution is -2.29. The zero-order valence-corrected chi connectivity index (χ0v) is 5.66. The van der Waals surface area contributed by atoms with E-state index >= 15 is 0 Å². The van der Waals surface area contributed by atoms with Gasteiger partial charge in [0.1, 0.15) is 0 Å². The molecule has 0 aromatic carbocycles. The van der Waals surface area contributed by atoms with Crippen molar-refractivity contribution in [3.8, 4) is 0 Å². The monoisotopic (exact) mass is 130 g/mol. The van der Waals surface area contributed by atoms with Gasteiger partial charge in [0.05, 0.1) is 6.04 Å². The van der Waals surface area contributed by atoms with Gasteiger partial charge in [-0.2, -0.15) is 0 Å². The van der Waals surface area contributed by atoms with Crippen LogP contribution >= 0.6 is 11.9 Å². The molecule has 0 saturated heterocycles. The van der Waals surface area contributed by atoms with Crippen molar-refractivity contribution < 1.29 is 0 Å². The average molecular weight is 130 g/mol. The maximum absolute atomic E-state index is 5.56. The molecule has 2 nitrogen and oxygen atoms in total. The number of hydrogen-bond donors (Lipinski definition) is 2. The third-order valence-electron chi connectivity index (χ3n) is 1.16. The van der Waals surface area contributed by atoms with E-state index in [0.717, 1.165) is 11.4 Å². The fourth-order valence-electron chi connectivity index (χ4n) is 0.556. The summed E-state index contributed by atoms with van der Waals surface area (Å²) in [6, 6.07) is 0.355. The molecule has 3 heteroatoms. The molecule has 1 atom stereocenters. The highest BCUT2D eigenvalue weighted by molar-refractivity contribution is 7.97. The summed E-state index contributed by atoms with van der Waals surface area (Å²) in [5.41, 5.74) is 6.53. The van der Waals surface area contributed by atoms with Gasteiger partial charge in [-0.05, 0) is 6.92 Å². The molecule has 0 saturated carbocycles. The van der Waals surface area contributed by atoms with Crippen LogP contribution in [-0.4, -0.2) is 11.8 Å². The molecule has 0 bridgehead atoms. The van der Waals surface area contributed by atoms with E-state index in [9.17, 15) is 0 Å². The quantitative estimate of drug-likeness (QED) is 0.468. The second kappa shape index (κ2) is 2.42. The minimum absolute atomic E-state index is 0.355. The summed E-state index contributed by atoms with van der Waals surface area (Å²) in [5, 5.41) is 0. The van der Waals surface area contributed by atoms with Crippen molar-refractivity contribution in [2.24, 2.45) is 5.73 Å². The molecule has 0 aromatic heterocycles. The second-order valence-corrected chi connectivity index (χ2v) is 2.71. The van der Waals surface area contributed by atoms with Crippen LogP contribution in [0.5, 0.6) is 0 Å². The predicted octanol–water partition coefficient (Wildman–Crippen LogP) is 0.469. The average Bonchev–Trinajstić information content (AvgIpc) is 1.77. The van der Waals surface area contributed by atoms with Crippen molar-refractivity contribution in [3.63, 3.8) is 0 Å². The molecule has 0 spiro atoms. The van der Waals surface area contributed by atoms with Gasteiger partial charge in [0, 0.05) is 11.4 Å². The molecule has 3 N–H and O–H groups in total. The number of nitrogens with one attached hydrogen (secondary N) is 1. The van der Waals surface area contributed by atoms with Crippen molar-refractivity contribution in [2.45, 2.75) is 13.0 Å². The Balaban J connectivity index is 2.53. The van der Waals surface area contributed by atoms with Crippen molar-refractivity contribution in [1.82, 2.24) is 4.72 Å². The molecule has 1 heterocycles. The van der Waals surface area contributed by atoms with Gasteiger partial charge in [-0.25, -0.2) is 0 Å². The summed E-state index contributed by atoms with van der Waals surface area (Å²) < 4.78 is 3.16. The second-order valence-electron chi connectivity index (χ2n) is 1.85. The minimum Gasteiger partial charge on any atom is -0.401 e. The first-order valence-electron chi connectivity index (χ1n) is 2.63. The molecular weight excluding hydrogens is 120 g/mol. The van der Waals surface area contributed by atoms with E-state index < -0.39 is 0 Å². The Hall–Kier alpha value is -0.150. The van der Waals surface area contributed by atoms with E-state index in [1.54, 1.807) is 11.9 Å². The minimum atomic E-state index is 0.355. The van der Waals surface area contributed by atoms with Gasteiger partial charge in [-0.1, -0.05) is 18.0 Å².